The van der Waals surface area contributed by atoms with Gasteiger partial charge in [0.15, 0.2) is 0 Å². The fraction of sp³-hybridized carbons (Fsp3) is 0.611. The number of pyridine rings is 1. The second kappa shape index (κ2) is 8.21. The van der Waals surface area contributed by atoms with Crippen molar-refractivity contribution in [2.24, 2.45) is 0 Å². The fourth-order valence-corrected chi connectivity index (χ4v) is 2.88. The maximum Gasteiger partial charge on any atom is 0.0551 e. The van der Waals surface area contributed by atoms with Crippen molar-refractivity contribution < 1.29 is 0 Å². The first kappa shape index (κ1) is 15.2. The summed E-state index contributed by atoms with van der Waals surface area (Å²) in [6, 6.07) is 4.72. The average Bonchev–Trinajstić information content (AvgIpc) is 2.42. The molecule has 1 aliphatic carbocycles. The van der Waals surface area contributed by atoms with Gasteiger partial charge in [-0.1, -0.05) is 37.5 Å². The lowest BCUT2D eigenvalue weighted by molar-refractivity contribution is 0.539. The molecule has 0 aliphatic heterocycles. The van der Waals surface area contributed by atoms with Crippen molar-refractivity contribution in [3.05, 3.63) is 41.2 Å². The Balaban J connectivity index is 2.18. The van der Waals surface area contributed by atoms with Crippen LogP contribution in [0.25, 0.3) is 0 Å². The maximum absolute atomic E-state index is 4.48. The van der Waals surface area contributed by atoms with Gasteiger partial charge in [0.1, 0.15) is 0 Å². The summed E-state index contributed by atoms with van der Waals surface area (Å²) in [6.07, 6.45) is 13.6. The number of aromatic nitrogens is 1. The smallest absolute Gasteiger partial charge is 0.0551 e. The van der Waals surface area contributed by atoms with E-state index in [9.17, 15) is 0 Å². The minimum Gasteiger partial charge on any atom is -0.306 e. The zero-order valence-corrected chi connectivity index (χ0v) is 13.0. The summed E-state index contributed by atoms with van der Waals surface area (Å²) < 4.78 is 0. The topological polar surface area (TPSA) is 24.9 Å². The molecular formula is C18H28N2. The lowest BCUT2D eigenvalue weighted by atomic mass is 9.91. The van der Waals surface area contributed by atoms with Gasteiger partial charge in [0.25, 0.3) is 0 Å². The fourth-order valence-electron chi connectivity index (χ4n) is 2.88. The Morgan fingerprint density at radius 2 is 2.05 bits per heavy atom. The third kappa shape index (κ3) is 4.45. The zero-order chi connectivity index (χ0) is 14.2. The van der Waals surface area contributed by atoms with Crippen molar-refractivity contribution in [1.82, 2.24) is 10.3 Å². The van der Waals surface area contributed by atoms with Crippen LogP contribution >= 0.6 is 0 Å². The van der Waals surface area contributed by atoms with Crippen LogP contribution in [0.3, 0.4) is 0 Å². The number of hydrogen-bond donors (Lipinski definition) is 1. The van der Waals surface area contributed by atoms with Crippen molar-refractivity contribution in [1.29, 1.82) is 0 Å². The highest BCUT2D eigenvalue weighted by Gasteiger charge is 2.16. The van der Waals surface area contributed by atoms with Crippen LogP contribution in [0.4, 0.5) is 0 Å². The van der Waals surface area contributed by atoms with E-state index in [4.69, 9.17) is 0 Å². The molecule has 1 unspecified atom stereocenters. The van der Waals surface area contributed by atoms with Gasteiger partial charge in [-0.25, -0.2) is 0 Å². The predicted octanol–water partition coefficient (Wildman–Crippen LogP) is 4.71. The van der Waals surface area contributed by atoms with E-state index in [1.807, 2.05) is 13.1 Å². The van der Waals surface area contributed by atoms with E-state index in [0.29, 0.717) is 6.04 Å². The molecule has 1 N–H and O–H groups in total. The first-order chi connectivity index (χ1) is 9.81. The molecule has 0 bridgehead atoms. The van der Waals surface area contributed by atoms with Gasteiger partial charge in [-0.05, 0) is 57.2 Å². The Labute approximate surface area is 123 Å². The highest BCUT2D eigenvalue weighted by molar-refractivity contribution is 5.27. The van der Waals surface area contributed by atoms with Crippen LogP contribution in [0.15, 0.2) is 30.0 Å². The van der Waals surface area contributed by atoms with Crippen LogP contribution in [0.1, 0.15) is 69.2 Å². The molecule has 0 aromatic carbocycles. The third-order valence-electron chi connectivity index (χ3n) is 4.06. The van der Waals surface area contributed by atoms with Crippen LogP contribution in [0.2, 0.25) is 0 Å². The van der Waals surface area contributed by atoms with Gasteiger partial charge in [-0.3, -0.25) is 4.98 Å². The number of aryl methyl sites for hydroxylation is 1. The van der Waals surface area contributed by atoms with Gasteiger partial charge in [0, 0.05) is 11.9 Å². The van der Waals surface area contributed by atoms with E-state index >= 15 is 0 Å². The first-order valence-corrected chi connectivity index (χ1v) is 8.16. The highest BCUT2D eigenvalue weighted by atomic mass is 14.9. The molecule has 1 aliphatic rings. The van der Waals surface area contributed by atoms with Gasteiger partial charge >= 0.3 is 0 Å². The number of allylic oxidation sites excluding steroid dienone is 1. The van der Waals surface area contributed by atoms with E-state index in [-0.39, 0.29) is 0 Å². The lowest BCUT2D eigenvalue weighted by Gasteiger charge is -2.24. The van der Waals surface area contributed by atoms with E-state index in [1.165, 1.54) is 50.5 Å². The minimum absolute atomic E-state index is 0.362. The minimum atomic E-state index is 0.362. The Hall–Kier alpha value is -1.15. The van der Waals surface area contributed by atoms with Crippen molar-refractivity contribution in [3.63, 3.8) is 0 Å². The number of nitrogens with zero attached hydrogens (tertiary/aromatic N) is 1. The molecule has 20 heavy (non-hydrogen) atoms. The Morgan fingerprint density at radius 1 is 1.20 bits per heavy atom. The van der Waals surface area contributed by atoms with Crippen molar-refractivity contribution >= 4 is 0 Å². The normalized spacial score (nSPS) is 20.6. The molecule has 2 rings (SSSR count). The molecule has 1 aromatic rings. The molecule has 0 fully saturated rings. The average molecular weight is 272 g/mol. The molecule has 0 amide bonds. The molecule has 1 atom stereocenters. The first-order valence-electron chi connectivity index (χ1n) is 8.16. The molecule has 1 aromatic heterocycles. The molecule has 2 nitrogen and oxygen atoms in total. The van der Waals surface area contributed by atoms with Crippen LogP contribution in [-0.2, 0) is 0 Å². The van der Waals surface area contributed by atoms with Crippen LogP contribution < -0.4 is 5.32 Å². The molecule has 1 heterocycles. The Kier molecular flexibility index (Phi) is 6.25. The Bertz CT molecular complexity index is 420. The van der Waals surface area contributed by atoms with Crippen molar-refractivity contribution in [3.8, 4) is 0 Å². The third-order valence-corrected chi connectivity index (χ3v) is 4.06. The Morgan fingerprint density at radius 3 is 2.80 bits per heavy atom. The summed E-state index contributed by atoms with van der Waals surface area (Å²) in [5.74, 6) is 0. The van der Waals surface area contributed by atoms with E-state index < -0.39 is 0 Å². The molecule has 110 valence electrons. The molecular weight excluding hydrogens is 244 g/mol. The van der Waals surface area contributed by atoms with E-state index in [0.717, 1.165) is 12.2 Å². The second-order valence-electron chi connectivity index (χ2n) is 5.85. The zero-order valence-electron chi connectivity index (χ0n) is 13.0. The van der Waals surface area contributed by atoms with E-state index in [1.54, 1.807) is 5.57 Å². The van der Waals surface area contributed by atoms with Gasteiger partial charge in [0.05, 0.1) is 6.04 Å². The predicted molar refractivity (Wildman–Crippen MR) is 85.8 cm³/mol. The van der Waals surface area contributed by atoms with Gasteiger partial charge in [-0.2, -0.15) is 0 Å². The summed E-state index contributed by atoms with van der Waals surface area (Å²) in [7, 11) is 0. The van der Waals surface area contributed by atoms with Gasteiger partial charge < -0.3 is 5.32 Å². The quantitative estimate of drug-likeness (QED) is 0.785. The summed E-state index contributed by atoms with van der Waals surface area (Å²) in [4.78, 5) is 4.48. The molecule has 0 saturated carbocycles. The van der Waals surface area contributed by atoms with Crippen LogP contribution in [0.5, 0.6) is 0 Å². The molecule has 2 heteroatoms. The largest absolute Gasteiger partial charge is 0.306 e. The van der Waals surface area contributed by atoms with Crippen molar-refractivity contribution in [2.75, 3.05) is 6.54 Å². The van der Waals surface area contributed by atoms with Crippen LogP contribution in [-0.4, -0.2) is 11.5 Å². The monoisotopic (exact) mass is 272 g/mol. The summed E-state index contributed by atoms with van der Waals surface area (Å²) in [5, 5.41) is 3.71. The van der Waals surface area contributed by atoms with Crippen LogP contribution in [0, 0.1) is 6.92 Å². The van der Waals surface area contributed by atoms with Gasteiger partial charge in [-0.15, -0.1) is 0 Å². The SMILES string of the molecule is CCCNC(/C1=C/CCCCCC1)c1ccc(C)nc1. The highest BCUT2D eigenvalue weighted by Crippen LogP contribution is 2.28. The number of nitrogens with one attached hydrogen (secondary N) is 1. The summed E-state index contributed by atoms with van der Waals surface area (Å²) in [5.41, 5.74) is 3.98. The summed E-state index contributed by atoms with van der Waals surface area (Å²) >= 11 is 0. The lowest BCUT2D eigenvalue weighted by Crippen LogP contribution is -2.24. The number of hydrogen-bond acceptors (Lipinski definition) is 2. The maximum atomic E-state index is 4.48. The second-order valence-corrected chi connectivity index (χ2v) is 5.85. The summed E-state index contributed by atoms with van der Waals surface area (Å²) in [6.45, 7) is 5.34. The van der Waals surface area contributed by atoms with E-state index in [2.05, 4.69) is 35.4 Å². The molecule has 0 radical (unpaired) electrons. The van der Waals surface area contributed by atoms with Gasteiger partial charge in [0.2, 0.25) is 0 Å². The number of rotatable bonds is 5. The molecule has 0 saturated heterocycles. The van der Waals surface area contributed by atoms with Crippen molar-refractivity contribution in [2.45, 2.75) is 64.8 Å². The molecule has 0 spiro atoms. The standard InChI is InChI=1S/C18H28N2/c1-3-13-19-18(17-12-11-15(2)20-14-17)16-9-7-5-4-6-8-10-16/h9,11-12,14,18-19H,3-8,10,13H2,1-2H3/b16-9+.